The van der Waals surface area contributed by atoms with E-state index in [1.807, 2.05) is 6.92 Å². The number of anilines is 1. The summed E-state index contributed by atoms with van der Waals surface area (Å²) in [6.45, 7) is 2.25. The molecule has 1 amide bonds. The van der Waals surface area contributed by atoms with Gasteiger partial charge >= 0.3 is 0 Å². The minimum Gasteiger partial charge on any atom is -0.461 e. The molecule has 158 valence electrons. The Hall–Kier alpha value is -3.70. The first-order chi connectivity index (χ1) is 15.2. The Kier molecular flexibility index (Phi) is 6.24. The van der Waals surface area contributed by atoms with Crippen molar-refractivity contribution in [1.29, 1.82) is 0 Å². The van der Waals surface area contributed by atoms with Gasteiger partial charge in [-0.1, -0.05) is 11.6 Å². The van der Waals surface area contributed by atoms with E-state index in [0.717, 1.165) is 0 Å². The number of nitrogens with zero attached hydrogens (tertiary/aromatic N) is 7. The van der Waals surface area contributed by atoms with Gasteiger partial charge in [-0.15, -0.1) is 0 Å². The Labute approximate surface area is 181 Å². The lowest BCUT2D eigenvalue weighted by Gasteiger charge is -2.18. The molecule has 0 fully saturated rings. The largest absolute Gasteiger partial charge is 0.461 e. The molecule has 0 radical (unpaired) electrons. The fourth-order valence-corrected chi connectivity index (χ4v) is 2.90. The van der Waals surface area contributed by atoms with Crippen LogP contribution in [-0.2, 0) is 9.53 Å². The zero-order valence-corrected chi connectivity index (χ0v) is 17.1. The van der Waals surface area contributed by atoms with E-state index in [1.54, 1.807) is 24.4 Å². The number of aromatic nitrogens is 7. The molecule has 0 unspecified atom stereocenters. The number of hydrogen-bond acceptors (Lipinski definition) is 9. The lowest BCUT2D eigenvalue weighted by molar-refractivity contribution is -0.125. The third-order valence-corrected chi connectivity index (χ3v) is 4.42. The summed E-state index contributed by atoms with van der Waals surface area (Å²) >= 11 is 6.24. The normalized spacial score (nSPS) is 11.9. The standard InChI is InChI=1S/C19H17ClN8O3/c1-2-30-9-14(18(29)27-15-5-7-21-10-23-15)31-19-12-8-26-28(16(12)24-11-25-19)17-13(20)4-3-6-22-17/h3-8,10-11,14H,2,9H2,1H3,(H,21,23,27,29)/t14-/m0/s1. The maximum Gasteiger partial charge on any atom is 0.269 e. The minimum atomic E-state index is -0.991. The van der Waals surface area contributed by atoms with Gasteiger partial charge in [0, 0.05) is 19.0 Å². The number of nitrogens with one attached hydrogen (secondary N) is 1. The Morgan fingerprint density at radius 1 is 1.19 bits per heavy atom. The molecule has 0 saturated carbocycles. The summed E-state index contributed by atoms with van der Waals surface area (Å²) in [4.78, 5) is 33.3. The monoisotopic (exact) mass is 440 g/mol. The van der Waals surface area contributed by atoms with Gasteiger partial charge in [0.25, 0.3) is 5.91 Å². The number of carbonyl (C=O) groups is 1. The molecule has 4 aromatic rings. The first kappa shape index (κ1) is 20.6. The number of hydrogen-bond donors (Lipinski definition) is 1. The zero-order valence-electron chi connectivity index (χ0n) is 16.3. The van der Waals surface area contributed by atoms with Crippen LogP contribution in [0.25, 0.3) is 16.9 Å². The lowest BCUT2D eigenvalue weighted by atomic mass is 10.3. The summed E-state index contributed by atoms with van der Waals surface area (Å²) in [7, 11) is 0. The first-order valence-electron chi connectivity index (χ1n) is 9.28. The average Bonchev–Trinajstić information content (AvgIpc) is 3.22. The van der Waals surface area contributed by atoms with E-state index in [-0.39, 0.29) is 12.5 Å². The van der Waals surface area contributed by atoms with Gasteiger partial charge in [0.1, 0.15) is 23.9 Å². The molecule has 4 aromatic heterocycles. The second kappa shape index (κ2) is 9.41. The van der Waals surface area contributed by atoms with Gasteiger partial charge in [-0.3, -0.25) is 4.79 Å². The van der Waals surface area contributed by atoms with Crippen LogP contribution in [0.3, 0.4) is 0 Å². The van der Waals surface area contributed by atoms with Crippen molar-refractivity contribution in [1.82, 2.24) is 34.7 Å². The molecule has 0 aromatic carbocycles. The molecule has 0 aliphatic rings. The van der Waals surface area contributed by atoms with Crippen molar-refractivity contribution in [3.8, 4) is 11.7 Å². The highest BCUT2D eigenvalue weighted by molar-refractivity contribution is 6.32. The van der Waals surface area contributed by atoms with Crippen LogP contribution in [0.5, 0.6) is 5.88 Å². The number of ether oxygens (including phenoxy) is 2. The van der Waals surface area contributed by atoms with E-state index in [0.29, 0.717) is 34.3 Å². The molecule has 11 nitrogen and oxygen atoms in total. The Morgan fingerprint density at radius 3 is 2.87 bits per heavy atom. The van der Waals surface area contributed by atoms with Gasteiger partial charge in [-0.2, -0.15) is 9.78 Å². The molecule has 0 saturated heterocycles. The molecule has 12 heteroatoms. The van der Waals surface area contributed by atoms with E-state index in [4.69, 9.17) is 21.1 Å². The third-order valence-electron chi connectivity index (χ3n) is 4.12. The first-order valence-corrected chi connectivity index (χ1v) is 9.66. The molecular weight excluding hydrogens is 424 g/mol. The van der Waals surface area contributed by atoms with Gasteiger partial charge in [0.15, 0.2) is 11.5 Å². The maximum absolute atomic E-state index is 12.8. The van der Waals surface area contributed by atoms with Crippen LogP contribution in [0.2, 0.25) is 5.02 Å². The fourth-order valence-electron chi connectivity index (χ4n) is 2.70. The molecule has 4 heterocycles. The van der Waals surface area contributed by atoms with Crippen molar-refractivity contribution in [2.24, 2.45) is 0 Å². The molecule has 1 atom stereocenters. The Bertz CT molecular complexity index is 1190. The molecule has 0 bridgehead atoms. The molecule has 1 N–H and O–H groups in total. The van der Waals surface area contributed by atoms with Crippen molar-refractivity contribution >= 4 is 34.4 Å². The SMILES string of the molecule is CCOC[C@H](Oc1ncnc2c1cnn2-c1ncccc1Cl)C(=O)Nc1ccncn1. The molecule has 31 heavy (non-hydrogen) atoms. The quantitative estimate of drug-likeness (QED) is 0.437. The van der Waals surface area contributed by atoms with Crippen LogP contribution in [0.1, 0.15) is 6.92 Å². The van der Waals surface area contributed by atoms with Crippen LogP contribution in [-0.4, -0.2) is 59.9 Å². The van der Waals surface area contributed by atoms with Crippen molar-refractivity contribution in [2.75, 3.05) is 18.5 Å². The van der Waals surface area contributed by atoms with Gasteiger partial charge in [-0.05, 0) is 25.1 Å². The summed E-state index contributed by atoms with van der Waals surface area (Å²) in [6, 6.07) is 4.99. The van der Waals surface area contributed by atoms with E-state index in [1.165, 1.54) is 29.7 Å². The van der Waals surface area contributed by atoms with Crippen LogP contribution >= 0.6 is 11.6 Å². The van der Waals surface area contributed by atoms with Crippen LogP contribution in [0, 0.1) is 0 Å². The average molecular weight is 441 g/mol. The summed E-state index contributed by atoms with van der Waals surface area (Å²) in [5.41, 5.74) is 0.428. The summed E-state index contributed by atoms with van der Waals surface area (Å²) in [6.07, 6.45) is 6.30. The molecule has 0 aliphatic carbocycles. The summed E-state index contributed by atoms with van der Waals surface area (Å²) < 4.78 is 12.8. The highest BCUT2D eigenvalue weighted by atomic mass is 35.5. The molecule has 0 spiro atoms. The fraction of sp³-hybridized carbons (Fsp3) is 0.211. The zero-order chi connectivity index (χ0) is 21.6. The Balaban J connectivity index is 1.63. The summed E-state index contributed by atoms with van der Waals surface area (Å²) in [5, 5.41) is 7.87. The van der Waals surface area contributed by atoms with E-state index >= 15 is 0 Å². The molecular formula is C19H17ClN8O3. The van der Waals surface area contributed by atoms with Crippen molar-refractivity contribution < 1.29 is 14.3 Å². The number of rotatable bonds is 8. The molecule has 0 aliphatic heterocycles. The smallest absolute Gasteiger partial charge is 0.269 e. The molecule has 4 rings (SSSR count). The van der Waals surface area contributed by atoms with E-state index in [9.17, 15) is 4.79 Å². The second-order valence-corrected chi connectivity index (χ2v) is 6.54. The van der Waals surface area contributed by atoms with Crippen molar-refractivity contribution in [3.05, 3.63) is 54.5 Å². The predicted molar refractivity (Wildman–Crippen MR) is 111 cm³/mol. The van der Waals surface area contributed by atoms with E-state index in [2.05, 4.69) is 35.3 Å². The van der Waals surface area contributed by atoms with Gasteiger partial charge in [0.2, 0.25) is 12.0 Å². The summed E-state index contributed by atoms with van der Waals surface area (Å²) in [5.74, 6) is 0.483. The van der Waals surface area contributed by atoms with Crippen LogP contribution < -0.4 is 10.1 Å². The van der Waals surface area contributed by atoms with Gasteiger partial charge in [0.05, 0.1) is 17.8 Å². The van der Waals surface area contributed by atoms with Crippen LogP contribution in [0.15, 0.2) is 49.4 Å². The third kappa shape index (κ3) is 4.57. The predicted octanol–water partition coefficient (Wildman–Crippen LogP) is 2.08. The van der Waals surface area contributed by atoms with Crippen LogP contribution in [0.4, 0.5) is 5.82 Å². The van der Waals surface area contributed by atoms with E-state index < -0.39 is 12.0 Å². The number of halogens is 1. The van der Waals surface area contributed by atoms with Gasteiger partial charge in [-0.25, -0.2) is 24.9 Å². The van der Waals surface area contributed by atoms with Gasteiger partial charge < -0.3 is 14.8 Å². The topological polar surface area (TPSA) is 130 Å². The number of carbonyl (C=O) groups excluding carboxylic acids is 1. The lowest BCUT2D eigenvalue weighted by Crippen LogP contribution is -2.37. The maximum atomic E-state index is 12.8. The number of amides is 1. The second-order valence-electron chi connectivity index (χ2n) is 6.13. The Morgan fingerprint density at radius 2 is 2.10 bits per heavy atom. The number of fused-ring (bicyclic) bond motifs is 1. The highest BCUT2D eigenvalue weighted by Gasteiger charge is 2.24. The van der Waals surface area contributed by atoms with Crippen molar-refractivity contribution in [2.45, 2.75) is 13.0 Å². The number of pyridine rings is 1. The van der Waals surface area contributed by atoms with Crippen molar-refractivity contribution in [3.63, 3.8) is 0 Å². The highest BCUT2D eigenvalue weighted by Crippen LogP contribution is 2.26. The minimum absolute atomic E-state index is 0.0130.